The van der Waals surface area contributed by atoms with E-state index in [4.69, 9.17) is 10.8 Å². The lowest BCUT2D eigenvalue weighted by Gasteiger charge is -2.20. The molecule has 0 fully saturated rings. The number of carboxylic acid groups (broad SMARTS) is 1. The molecule has 1 aromatic carbocycles. The maximum absolute atomic E-state index is 10.6. The lowest BCUT2D eigenvalue weighted by Crippen LogP contribution is -2.40. The normalized spacial score (nSPS) is 13.3. The van der Waals surface area contributed by atoms with Gasteiger partial charge in [0.25, 0.3) is 0 Å². The summed E-state index contributed by atoms with van der Waals surface area (Å²) in [4.78, 5) is 10.6. The molecule has 1 rings (SSSR count). The van der Waals surface area contributed by atoms with Crippen molar-refractivity contribution >= 4 is 5.97 Å². The smallest absolute Gasteiger partial charge is 0.321 e. The Hall–Kier alpha value is -1.39. The molecule has 0 aromatic heterocycles. The molecule has 0 aliphatic rings. The number of hydrogen-bond donors (Lipinski definition) is 3. The molecule has 0 saturated heterocycles. The van der Waals surface area contributed by atoms with Gasteiger partial charge in [0.15, 0.2) is 0 Å². The molecule has 0 saturated carbocycles. The van der Waals surface area contributed by atoms with Crippen LogP contribution in [0.15, 0.2) is 18.2 Å². The number of nitrogens with two attached hydrogens (primary N) is 1. The minimum atomic E-state index is -0.979. The summed E-state index contributed by atoms with van der Waals surface area (Å²) < 4.78 is 0. The van der Waals surface area contributed by atoms with Crippen LogP contribution in [0.4, 0.5) is 0 Å². The molecule has 0 bridgehead atoms. The highest BCUT2D eigenvalue weighted by molar-refractivity contribution is 5.73. The quantitative estimate of drug-likeness (QED) is 0.758. The van der Waals surface area contributed by atoms with Crippen molar-refractivity contribution in [2.45, 2.75) is 45.7 Å². The molecule has 4 heteroatoms. The molecule has 4 nitrogen and oxygen atoms in total. The third kappa shape index (κ3) is 4.65. The van der Waals surface area contributed by atoms with Gasteiger partial charge in [0.2, 0.25) is 0 Å². The number of nitrogens with one attached hydrogen (secondary N) is 1. The molecule has 0 radical (unpaired) electrons. The zero-order valence-electron chi connectivity index (χ0n) is 12.2. The van der Waals surface area contributed by atoms with Crippen molar-refractivity contribution < 1.29 is 9.90 Å². The van der Waals surface area contributed by atoms with Crippen LogP contribution in [0.3, 0.4) is 0 Å². The summed E-state index contributed by atoms with van der Waals surface area (Å²) in [6.45, 7) is 9.54. The molecule has 0 aliphatic heterocycles. The van der Waals surface area contributed by atoms with Gasteiger partial charge in [-0.3, -0.25) is 4.79 Å². The highest BCUT2D eigenvalue weighted by Gasteiger charge is 2.14. The van der Waals surface area contributed by atoms with Crippen LogP contribution in [0.25, 0.3) is 0 Å². The Morgan fingerprint density at radius 1 is 1.42 bits per heavy atom. The first kappa shape index (κ1) is 15.7. The third-order valence-electron chi connectivity index (χ3n) is 3.21. The van der Waals surface area contributed by atoms with Crippen molar-refractivity contribution in [2.24, 2.45) is 5.73 Å². The van der Waals surface area contributed by atoms with Crippen LogP contribution in [-0.2, 0) is 16.8 Å². The van der Waals surface area contributed by atoms with Gasteiger partial charge in [-0.1, -0.05) is 39.0 Å². The summed E-state index contributed by atoms with van der Waals surface area (Å²) in [6, 6.07) is 5.55. The SMILES string of the molecule is Cc1cc(C(C)(C)C)ccc1CNCC(N)C(=O)O. The first-order valence-electron chi connectivity index (χ1n) is 6.51. The molecule has 0 amide bonds. The molecule has 0 aliphatic carbocycles. The van der Waals surface area contributed by atoms with E-state index in [9.17, 15) is 4.79 Å². The van der Waals surface area contributed by atoms with Crippen molar-refractivity contribution in [3.8, 4) is 0 Å². The average molecular weight is 264 g/mol. The van der Waals surface area contributed by atoms with Gasteiger partial charge in [-0.05, 0) is 29.0 Å². The van der Waals surface area contributed by atoms with Crippen LogP contribution in [0.5, 0.6) is 0 Å². The van der Waals surface area contributed by atoms with E-state index in [1.54, 1.807) is 0 Å². The molecule has 106 valence electrons. The highest BCUT2D eigenvalue weighted by atomic mass is 16.4. The zero-order chi connectivity index (χ0) is 14.6. The van der Waals surface area contributed by atoms with E-state index in [0.29, 0.717) is 6.54 Å². The number of hydrogen-bond acceptors (Lipinski definition) is 3. The van der Waals surface area contributed by atoms with Crippen molar-refractivity contribution in [2.75, 3.05) is 6.54 Å². The van der Waals surface area contributed by atoms with Crippen LogP contribution < -0.4 is 11.1 Å². The van der Waals surface area contributed by atoms with Gasteiger partial charge >= 0.3 is 5.97 Å². The summed E-state index contributed by atoms with van der Waals surface area (Å²) in [5.74, 6) is -0.979. The Morgan fingerprint density at radius 2 is 2.05 bits per heavy atom. The highest BCUT2D eigenvalue weighted by Crippen LogP contribution is 2.24. The molecule has 1 atom stereocenters. The van der Waals surface area contributed by atoms with Gasteiger partial charge in [0.1, 0.15) is 6.04 Å². The summed E-state index contributed by atoms with van der Waals surface area (Å²) in [5.41, 5.74) is 9.26. The number of aryl methyl sites for hydroxylation is 1. The Bertz CT molecular complexity index is 450. The second-order valence-electron chi connectivity index (χ2n) is 5.97. The number of carbonyl (C=O) groups is 1. The fourth-order valence-electron chi connectivity index (χ4n) is 1.81. The molecule has 0 heterocycles. The van der Waals surface area contributed by atoms with Crippen molar-refractivity contribution in [3.63, 3.8) is 0 Å². The fourth-order valence-corrected chi connectivity index (χ4v) is 1.81. The van der Waals surface area contributed by atoms with Crippen LogP contribution in [-0.4, -0.2) is 23.7 Å². The number of aliphatic carboxylic acids is 1. The predicted octanol–water partition coefficient (Wildman–Crippen LogP) is 1.79. The van der Waals surface area contributed by atoms with Gasteiger partial charge in [-0.2, -0.15) is 0 Å². The zero-order valence-corrected chi connectivity index (χ0v) is 12.2. The standard InChI is InChI=1S/C15H24N2O2/c1-10-7-12(15(2,3)4)6-5-11(10)8-17-9-13(16)14(18)19/h5-7,13,17H,8-9,16H2,1-4H3,(H,18,19). The number of benzene rings is 1. The van der Waals surface area contributed by atoms with E-state index in [1.165, 1.54) is 16.7 Å². The van der Waals surface area contributed by atoms with Gasteiger partial charge in [-0.25, -0.2) is 0 Å². The minimum Gasteiger partial charge on any atom is -0.480 e. The maximum atomic E-state index is 10.6. The first-order chi connectivity index (χ1) is 8.71. The molecule has 0 spiro atoms. The van der Waals surface area contributed by atoms with Gasteiger partial charge in [0.05, 0.1) is 0 Å². The predicted molar refractivity (Wildman–Crippen MR) is 77.2 cm³/mol. The van der Waals surface area contributed by atoms with E-state index >= 15 is 0 Å². The Balaban J connectivity index is 2.63. The number of carboxylic acids is 1. The van der Waals surface area contributed by atoms with Crippen molar-refractivity contribution in [1.82, 2.24) is 5.32 Å². The van der Waals surface area contributed by atoms with Crippen LogP contribution >= 0.6 is 0 Å². The topological polar surface area (TPSA) is 75.3 Å². The average Bonchev–Trinajstić information content (AvgIpc) is 2.29. The van der Waals surface area contributed by atoms with E-state index in [1.807, 2.05) is 0 Å². The van der Waals surface area contributed by atoms with E-state index in [-0.39, 0.29) is 12.0 Å². The molecule has 19 heavy (non-hydrogen) atoms. The lowest BCUT2D eigenvalue weighted by molar-refractivity contribution is -0.138. The lowest BCUT2D eigenvalue weighted by atomic mass is 9.85. The molecule has 4 N–H and O–H groups in total. The summed E-state index contributed by atoms with van der Waals surface area (Å²) in [7, 11) is 0. The second kappa shape index (κ2) is 6.17. The fraction of sp³-hybridized carbons (Fsp3) is 0.533. The van der Waals surface area contributed by atoms with Crippen molar-refractivity contribution in [1.29, 1.82) is 0 Å². The van der Waals surface area contributed by atoms with Crippen LogP contribution in [0.1, 0.15) is 37.5 Å². The first-order valence-corrected chi connectivity index (χ1v) is 6.51. The van der Waals surface area contributed by atoms with Crippen LogP contribution in [0.2, 0.25) is 0 Å². The largest absolute Gasteiger partial charge is 0.480 e. The Labute approximate surface area is 115 Å². The second-order valence-corrected chi connectivity index (χ2v) is 5.97. The monoisotopic (exact) mass is 264 g/mol. The third-order valence-corrected chi connectivity index (χ3v) is 3.21. The molecular formula is C15H24N2O2. The molecule has 1 aromatic rings. The Morgan fingerprint density at radius 3 is 2.53 bits per heavy atom. The van der Waals surface area contributed by atoms with Gasteiger partial charge in [-0.15, -0.1) is 0 Å². The van der Waals surface area contributed by atoms with Crippen LogP contribution in [0, 0.1) is 6.92 Å². The summed E-state index contributed by atoms with van der Waals surface area (Å²) in [5, 5.41) is 11.8. The van der Waals surface area contributed by atoms with Crippen molar-refractivity contribution in [3.05, 3.63) is 34.9 Å². The molecular weight excluding hydrogens is 240 g/mol. The van der Waals surface area contributed by atoms with E-state index < -0.39 is 12.0 Å². The maximum Gasteiger partial charge on any atom is 0.321 e. The van der Waals surface area contributed by atoms with E-state index in [0.717, 1.165) is 0 Å². The minimum absolute atomic E-state index is 0.141. The summed E-state index contributed by atoms with van der Waals surface area (Å²) >= 11 is 0. The Kier molecular flexibility index (Phi) is 5.09. The van der Waals surface area contributed by atoms with Gasteiger partial charge in [0, 0.05) is 13.1 Å². The van der Waals surface area contributed by atoms with Gasteiger partial charge < -0.3 is 16.2 Å². The molecule has 1 unspecified atom stereocenters. The van der Waals surface area contributed by atoms with E-state index in [2.05, 4.69) is 51.2 Å². The number of rotatable bonds is 5. The summed E-state index contributed by atoms with van der Waals surface area (Å²) in [6.07, 6.45) is 0.